The second-order valence-electron chi connectivity index (χ2n) is 4.90. The number of primary amides is 1. The number of nitrogens with two attached hydrogens (primary N) is 1. The Kier molecular flexibility index (Phi) is 3.24. The quantitative estimate of drug-likeness (QED) is 0.499. The van der Waals surface area contributed by atoms with Gasteiger partial charge in [-0.05, 0) is 18.2 Å². The van der Waals surface area contributed by atoms with E-state index in [-0.39, 0.29) is 10.9 Å². The fraction of sp³-hybridized carbons (Fsp3) is 0.0667. The average molecular weight is 321 g/mol. The minimum absolute atomic E-state index is 0.0599. The van der Waals surface area contributed by atoms with Crippen molar-refractivity contribution in [2.45, 2.75) is 0 Å². The second kappa shape index (κ2) is 5.01. The Balaban J connectivity index is 2.60. The topological polar surface area (TPSA) is 88.0 Å². The molecule has 0 saturated carbocycles. The third kappa shape index (κ3) is 2.02. The van der Waals surface area contributed by atoms with Crippen molar-refractivity contribution >= 4 is 33.4 Å². The number of anilines is 1. The maximum Gasteiger partial charge on any atom is 0.254 e. The molecule has 0 radical (unpaired) electrons. The van der Waals surface area contributed by atoms with Gasteiger partial charge in [0.25, 0.3) is 5.91 Å². The number of halogens is 3. The van der Waals surface area contributed by atoms with Gasteiger partial charge in [0.1, 0.15) is 5.56 Å². The molecule has 1 heterocycles. The number of carbonyl (C=O) groups is 1. The van der Waals surface area contributed by atoms with Gasteiger partial charge in [0, 0.05) is 23.6 Å². The Bertz CT molecular complexity index is 1040. The SMILES string of the molecule is CNc1ccc2[nH]c3c(F)c(F)c(C(N)=O)c(F)c3c(=O)c2c1. The summed E-state index contributed by atoms with van der Waals surface area (Å²) in [6.07, 6.45) is 0. The first-order valence-corrected chi connectivity index (χ1v) is 6.50. The molecule has 0 saturated heterocycles. The third-order valence-electron chi connectivity index (χ3n) is 3.61. The number of benzene rings is 2. The van der Waals surface area contributed by atoms with Crippen molar-refractivity contribution in [3.05, 3.63) is 51.4 Å². The maximum absolute atomic E-state index is 14.4. The van der Waals surface area contributed by atoms with Crippen LogP contribution in [-0.2, 0) is 0 Å². The zero-order chi connectivity index (χ0) is 16.9. The van der Waals surface area contributed by atoms with Gasteiger partial charge in [-0.15, -0.1) is 0 Å². The first-order valence-electron chi connectivity index (χ1n) is 6.50. The first kappa shape index (κ1) is 14.9. The summed E-state index contributed by atoms with van der Waals surface area (Å²) < 4.78 is 42.4. The van der Waals surface area contributed by atoms with Crippen LogP contribution in [0.1, 0.15) is 10.4 Å². The summed E-state index contributed by atoms with van der Waals surface area (Å²) in [5.74, 6) is -6.25. The second-order valence-corrected chi connectivity index (χ2v) is 4.90. The fourth-order valence-corrected chi connectivity index (χ4v) is 2.47. The molecule has 1 aromatic heterocycles. The van der Waals surface area contributed by atoms with Crippen LogP contribution < -0.4 is 16.5 Å². The van der Waals surface area contributed by atoms with Crippen molar-refractivity contribution in [2.24, 2.45) is 5.73 Å². The molecule has 8 heteroatoms. The van der Waals surface area contributed by atoms with Crippen LogP contribution in [0.25, 0.3) is 21.8 Å². The van der Waals surface area contributed by atoms with E-state index in [1.807, 2.05) is 0 Å². The van der Waals surface area contributed by atoms with Gasteiger partial charge in [-0.3, -0.25) is 9.59 Å². The summed E-state index contributed by atoms with van der Waals surface area (Å²) in [6, 6.07) is 4.50. The molecular weight excluding hydrogens is 311 g/mol. The van der Waals surface area contributed by atoms with Crippen LogP contribution in [0.15, 0.2) is 23.0 Å². The number of pyridine rings is 1. The summed E-state index contributed by atoms with van der Waals surface area (Å²) in [4.78, 5) is 26.1. The summed E-state index contributed by atoms with van der Waals surface area (Å²) in [5, 5.41) is 2.11. The molecule has 0 aliphatic rings. The minimum Gasteiger partial charge on any atom is -0.388 e. The number of fused-ring (bicyclic) bond motifs is 2. The van der Waals surface area contributed by atoms with Gasteiger partial charge in [0.2, 0.25) is 0 Å². The average Bonchev–Trinajstić information content (AvgIpc) is 2.52. The van der Waals surface area contributed by atoms with Crippen LogP contribution in [0.2, 0.25) is 0 Å². The highest BCUT2D eigenvalue weighted by Crippen LogP contribution is 2.27. The Labute approximate surface area is 126 Å². The van der Waals surface area contributed by atoms with Crippen LogP contribution in [0, 0.1) is 17.5 Å². The standard InChI is InChI=1S/C15H10F3N3O2/c1-20-5-2-3-7-6(4-5)14(22)9-10(16)8(15(19)23)11(17)12(18)13(9)21-7/h2-4,20H,1H3,(H2,19,23)(H,21,22). The van der Waals surface area contributed by atoms with Crippen LogP contribution in [-0.4, -0.2) is 17.9 Å². The fourth-order valence-electron chi connectivity index (χ4n) is 2.47. The molecule has 0 atom stereocenters. The normalized spacial score (nSPS) is 11.1. The van der Waals surface area contributed by atoms with Gasteiger partial charge in [-0.25, -0.2) is 13.2 Å². The summed E-state index contributed by atoms with van der Waals surface area (Å²) in [6.45, 7) is 0. The highest BCUT2D eigenvalue weighted by molar-refractivity contribution is 6.01. The Morgan fingerprint density at radius 3 is 2.48 bits per heavy atom. The van der Waals surface area contributed by atoms with Crippen molar-refractivity contribution in [3.63, 3.8) is 0 Å². The predicted molar refractivity (Wildman–Crippen MR) is 80.0 cm³/mol. The van der Waals surface area contributed by atoms with E-state index >= 15 is 0 Å². The Morgan fingerprint density at radius 1 is 1.17 bits per heavy atom. The Morgan fingerprint density at radius 2 is 1.87 bits per heavy atom. The third-order valence-corrected chi connectivity index (χ3v) is 3.61. The molecule has 2 aromatic carbocycles. The van der Waals surface area contributed by atoms with E-state index in [0.29, 0.717) is 5.69 Å². The van der Waals surface area contributed by atoms with E-state index in [2.05, 4.69) is 10.3 Å². The molecule has 0 aliphatic carbocycles. The Hall–Kier alpha value is -3.03. The highest BCUT2D eigenvalue weighted by Gasteiger charge is 2.26. The van der Waals surface area contributed by atoms with E-state index in [9.17, 15) is 22.8 Å². The van der Waals surface area contributed by atoms with Crippen LogP contribution in [0.4, 0.5) is 18.9 Å². The van der Waals surface area contributed by atoms with Crippen LogP contribution in [0.5, 0.6) is 0 Å². The number of H-pyrrole nitrogens is 1. The number of amides is 1. The molecule has 5 nitrogen and oxygen atoms in total. The van der Waals surface area contributed by atoms with Crippen LogP contribution >= 0.6 is 0 Å². The molecule has 0 fully saturated rings. The van der Waals surface area contributed by atoms with E-state index in [1.165, 1.54) is 12.1 Å². The van der Waals surface area contributed by atoms with Gasteiger partial charge >= 0.3 is 0 Å². The molecule has 0 spiro atoms. The molecular formula is C15H10F3N3O2. The molecule has 3 rings (SSSR count). The first-order chi connectivity index (χ1) is 10.9. The zero-order valence-electron chi connectivity index (χ0n) is 11.8. The van der Waals surface area contributed by atoms with Gasteiger partial charge < -0.3 is 16.0 Å². The van der Waals surface area contributed by atoms with Gasteiger partial charge in [-0.2, -0.15) is 0 Å². The molecule has 0 unspecified atom stereocenters. The van der Waals surface area contributed by atoms with Gasteiger partial charge in [-0.1, -0.05) is 0 Å². The van der Waals surface area contributed by atoms with E-state index in [1.54, 1.807) is 13.1 Å². The van der Waals surface area contributed by atoms with Crippen LogP contribution in [0.3, 0.4) is 0 Å². The van der Waals surface area contributed by atoms with Crippen molar-refractivity contribution < 1.29 is 18.0 Å². The monoisotopic (exact) mass is 321 g/mol. The van der Waals surface area contributed by atoms with E-state index in [0.717, 1.165) is 0 Å². The number of carbonyl (C=O) groups excluding carboxylic acids is 1. The molecule has 1 amide bonds. The lowest BCUT2D eigenvalue weighted by Crippen LogP contribution is -2.20. The number of hydrogen-bond donors (Lipinski definition) is 3. The molecule has 3 aromatic rings. The molecule has 4 N–H and O–H groups in total. The lowest BCUT2D eigenvalue weighted by molar-refractivity contribution is 0.0991. The number of aromatic nitrogens is 1. The summed E-state index contributed by atoms with van der Waals surface area (Å²) >= 11 is 0. The van der Waals surface area contributed by atoms with Crippen molar-refractivity contribution in [1.82, 2.24) is 4.98 Å². The number of aromatic amines is 1. The van der Waals surface area contributed by atoms with Gasteiger partial charge in [0.05, 0.1) is 10.9 Å². The smallest absolute Gasteiger partial charge is 0.254 e. The minimum atomic E-state index is -1.73. The van der Waals surface area contributed by atoms with E-state index < -0.39 is 45.3 Å². The van der Waals surface area contributed by atoms with Gasteiger partial charge in [0.15, 0.2) is 22.9 Å². The number of nitrogens with one attached hydrogen (secondary N) is 2. The molecule has 0 aliphatic heterocycles. The largest absolute Gasteiger partial charge is 0.388 e. The molecule has 118 valence electrons. The number of hydrogen-bond acceptors (Lipinski definition) is 3. The molecule has 0 bridgehead atoms. The summed E-state index contributed by atoms with van der Waals surface area (Å²) in [7, 11) is 1.62. The van der Waals surface area contributed by atoms with E-state index in [4.69, 9.17) is 5.73 Å². The van der Waals surface area contributed by atoms with Crippen molar-refractivity contribution in [3.8, 4) is 0 Å². The molecule has 23 heavy (non-hydrogen) atoms. The highest BCUT2D eigenvalue weighted by atomic mass is 19.2. The van der Waals surface area contributed by atoms with Crippen molar-refractivity contribution in [1.29, 1.82) is 0 Å². The number of rotatable bonds is 2. The maximum atomic E-state index is 14.4. The lowest BCUT2D eigenvalue weighted by Gasteiger charge is -2.09. The lowest BCUT2D eigenvalue weighted by atomic mass is 10.0. The zero-order valence-corrected chi connectivity index (χ0v) is 11.8. The van der Waals surface area contributed by atoms with Crippen molar-refractivity contribution in [2.75, 3.05) is 12.4 Å². The summed E-state index contributed by atoms with van der Waals surface area (Å²) in [5.41, 5.74) is 2.85. The predicted octanol–water partition coefficient (Wildman–Crippen LogP) is 2.24.